The second kappa shape index (κ2) is 6.74. The van der Waals surface area contributed by atoms with Crippen LogP contribution in [0.15, 0.2) is 24.3 Å². The minimum Gasteiger partial charge on any atom is -0.485 e. The first-order chi connectivity index (χ1) is 9.32. The summed E-state index contributed by atoms with van der Waals surface area (Å²) in [7, 11) is 0. The number of esters is 1. The molecule has 0 aliphatic heterocycles. The SMILES string of the molecule is CC(C)(C)OC(=O)c1ccc(OC(C)(C)C(C)(C)O)cc1.[B]. The third-order valence-electron chi connectivity index (χ3n) is 3.34. The van der Waals surface area contributed by atoms with Crippen molar-refractivity contribution in [3.8, 4) is 5.75 Å². The van der Waals surface area contributed by atoms with Crippen LogP contribution in [0.1, 0.15) is 58.8 Å². The Balaban J connectivity index is 0.00000441. The van der Waals surface area contributed by atoms with E-state index in [1.54, 1.807) is 38.1 Å². The Labute approximate surface area is 135 Å². The van der Waals surface area contributed by atoms with Gasteiger partial charge in [-0.1, -0.05) is 0 Å². The van der Waals surface area contributed by atoms with Crippen LogP contribution in [0.5, 0.6) is 5.75 Å². The molecule has 3 radical (unpaired) electrons. The van der Waals surface area contributed by atoms with Gasteiger partial charge in [0.1, 0.15) is 17.0 Å². The van der Waals surface area contributed by atoms with Crippen LogP contribution in [0.2, 0.25) is 0 Å². The van der Waals surface area contributed by atoms with Crippen LogP contribution in [-0.2, 0) is 4.74 Å². The Morgan fingerprint density at radius 2 is 1.41 bits per heavy atom. The molecule has 0 aliphatic rings. The highest BCUT2D eigenvalue weighted by molar-refractivity contribution is 5.89. The van der Waals surface area contributed by atoms with Gasteiger partial charge in [-0.25, -0.2) is 4.79 Å². The fraction of sp³-hybridized carbons (Fsp3) is 0.588. The van der Waals surface area contributed by atoms with E-state index in [4.69, 9.17) is 9.47 Å². The molecule has 1 aromatic rings. The highest BCUT2D eigenvalue weighted by Gasteiger charge is 2.37. The monoisotopic (exact) mass is 305 g/mol. The number of rotatable bonds is 4. The largest absolute Gasteiger partial charge is 0.485 e. The van der Waals surface area contributed by atoms with Crippen LogP contribution < -0.4 is 4.74 Å². The normalized spacial score (nSPS) is 12.4. The van der Waals surface area contributed by atoms with Gasteiger partial charge in [0.15, 0.2) is 0 Å². The van der Waals surface area contributed by atoms with Crippen molar-refractivity contribution in [3.63, 3.8) is 0 Å². The van der Waals surface area contributed by atoms with Gasteiger partial charge in [-0.3, -0.25) is 0 Å². The summed E-state index contributed by atoms with van der Waals surface area (Å²) >= 11 is 0. The molecule has 0 saturated carbocycles. The van der Waals surface area contributed by atoms with Gasteiger partial charge in [-0.2, -0.15) is 0 Å². The first-order valence-electron chi connectivity index (χ1n) is 7.07. The quantitative estimate of drug-likeness (QED) is 0.685. The van der Waals surface area contributed by atoms with Crippen LogP contribution in [0.25, 0.3) is 0 Å². The van der Waals surface area contributed by atoms with Crippen LogP contribution in [0, 0.1) is 0 Å². The maximum absolute atomic E-state index is 11.9. The fourth-order valence-electron chi connectivity index (χ4n) is 1.42. The molecule has 121 valence electrons. The molecule has 1 rings (SSSR count). The van der Waals surface area contributed by atoms with E-state index in [-0.39, 0.29) is 14.4 Å². The molecule has 4 nitrogen and oxygen atoms in total. The molecule has 0 amide bonds. The lowest BCUT2D eigenvalue weighted by Gasteiger charge is -2.37. The maximum Gasteiger partial charge on any atom is 0.338 e. The van der Waals surface area contributed by atoms with Gasteiger partial charge in [0.25, 0.3) is 0 Å². The standard InChI is InChI=1S/C17H26O4.B/c1-15(2,3)21-14(18)12-8-10-13(11-9-12)20-17(6,7)16(4,5)19;/h8-11,19H,1-7H3;. The zero-order chi connectivity index (χ0) is 16.5. The summed E-state index contributed by atoms with van der Waals surface area (Å²) in [6.45, 7) is 12.5. The van der Waals surface area contributed by atoms with Crippen LogP contribution in [0.4, 0.5) is 0 Å². The van der Waals surface area contributed by atoms with E-state index >= 15 is 0 Å². The van der Waals surface area contributed by atoms with Gasteiger partial charge in [-0.15, -0.1) is 0 Å². The molecule has 22 heavy (non-hydrogen) atoms. The van der Waals surface area contributed by atoms with E-state index in [0.29, 0.717) is 11.3 Å². The van der Waals surface area contributed by atoms with Crippen LogP contribution in [0.3, 0.4) is 0 Å². The van der Waals surface area contributed by atoms with E-state index in [2.05, 4.69) is 0 Å². The first-order valence-corrected chi connectivity index (χ1v) is 7.07. The second-order valence-corrected chi connectivity index (χ2v) is 7.20. The molecule has 0 aliphatic carbocycles. The lowest BCUT2D eigenvalue weighted by atomic mass is 9.89. The molecule has 0 unspecified atom stereocenters. The molecule has 0 bridgehead atoms. The summed E-state index contributed by atoms with van der Waals surface area (Å²) in [6.07, 6.45) is 0. The Hall–Kier alpha value is -1.49. The minimum atomic E-state index is -0.989. The number of hydrogen-bond donors (Lipinski definition) is 1. The topological polar surface area (TPSA) is 55.8 Å². The molecule has 0 heterocycles. The Morgan fingerprint density at radius 1 is 0.955 bits per heavy atom. The number of hydrogen-bond acceptors (Lipinski definition) is 4. The molecule has 0 spiro atoms. The molecular weight excluding hydrogens is 279 g/mol. The molecule has 1 aromatic carbocycles. The Bertz CT molecular complexity index is 493. The fourth-order valence-corrected chi connectivity index (χ4v) is 1.42. The van der Waals surface area contributed by atoms with Crippen molar-refractivity contribution in [2.24, 2.45) is 0 Å². The van der Waals surface area contributed by atoms with Crippen molar-refractivity contribution >= 4 is 14.4 Å². The summed E-state index contributed by atoms with van der Waals surface area (Å²) in [4.78, 5) is 11.9. The van der Waals surface area contributed by atoms with Gasteiger partial charge in [0, 0.05) is 8.41 Å². The van der Waals surface area contributed by atoms with E-state index in [1.165, 1.54) is 0 Å². The molecular formula is C17H26BO4. The Kier molecular flexibility index (Phi) is 6.28. The van der Waals surface area contributed by atoms with Crippen LogP contribution in [-0.4, -0.2) is 36.3 Å². The molecule has 0 aromatic heterocycles. The number of carbonyl (C=O) groups excluding carboxylic acids is 1. The zero-order valence-electron chi connectivity index (χ0n) is 14.6. The molecule has 0 atom stereocenters. The number of benzene rings is 1. The summed E-state index contributed by atoms with van der Waals surface area (Å²) < 4.78 is 11.1. The molecule has 5 heteroatoms. The van der Waals surface area contributed by atoms with Crippen molar-refractivity contribution in [3.05, 3.63) is 29.8 Å². The van der Waals surface area contributed by atoms with E-state index in [1.807, 2.05) is 34.6 Å². The van der Waals surface area contributed by atoms with Crippen molar-refractivity contribution in [2.75, 3.05) is 0 Å². The van der Waals surface area contributed by atoms with Gasteiger partial charge >= 0.3 is 5.97 Å². The van der Waals surface area contributed by atoms with Gasteiger partial charge in [0.2, 0.25) is 0 Å². The van der Waals surface area contributed by atoms with E-state index < -0.39 is 16.8 Å². The van der Waals surface area contributed by atoms with Gasteiger partial charge < -0.3 is 14.6 Å². The predicted molar refractivity (Wildman–Crippen MR) is 88.4 cm³/mol. The van der Waals surface area contributed by atoms with E-state index in [0.717, 1.165) is 0 Å². The predicted octanol–water partition coefficient (Wildman–Crippen LogP) is 3.19. The highest BCUT2D eigenvalue weighted by atomic mass is 16.6. The average Bonchev–Trinajstić information content (AvgIpc) is 2.25. The summed E-state index contributed by atoms with van der Waals surface area (Å²) in [5.74, 6) is 0.227. The summed E-state index contributed by atoms with van der Waals surface area (Å²) in [6, 6.07) is 6.72. The maximum atomic E-state index is 11.9. The molecule has 0 saturated heterocycles. The second-order valence-electron chi connectivity index (χ2n) is 7.20. The zero-order valence-corrected chi connectivity index (χ0v) is 14.6. The molecule has 0 fully saturated rings. The third-order valence-corrected chi connectivity index (χ3v) is 3.34. The van der Waals surface area contributed by atoms with Gasteiger partial charge in [-0.05, 0) is 72.7 Å². The van der Waals surface area contributed by atoms with Crippen molar-refractivity contribution in [1.82, 2.24) is 0 Å². The van der Waals surface area contributed by atoms with E-state index in [9.17, 15) is 9.90 Å². The third kappa shape index (κ3) is 5.72. The van der Waals surface area contributed by atoms with Crippen molar-refractivity contribution < 1.29 is 19.4 Å². The van der Waals surface area contributed by atoms with Crippen molar-refractivity contribution in [1.29, 1.82) is 0 Å². The average molecular weight is 305 g/mol. The minimum absolute atomic E-state index is 0. The van der Waals surface area contributed by atoms with Crippen molar-refractivity contribution in [2.45, 2.75) is 65.3 Å². The Morgan fingerprint density at radius 3 is 1.77 bits per heavy atom. The summed E-state index contributed by atoms with van der Waals surface area (Å²) in [5, 5.41) is 10.1. The number of aliphatic hydroxyl groups is 1. The number of ether oxygens (including phenoxy) is 2. The lowest BCUT2D eigenvalue weighted by Crippen LogP contribution is -2.49. The summed E-state index contributed by atoms with van der Waals surface area (Å²) in [5.41, 5.74) is -1.79. The molecule has 1 N–H and O–H groups in total. The highest BCUT2D eigenvalue weighted by Crippen LogP contribution is 2.28. The first kappa shape index (κ1) is 20.5. The van der Waals surface area contributed by atoms with Crippen LogP contribution >= 0.6 is 0 Å². The smallest absolute Gasteiger partial charge is 0.338 e. The lowest BCUT2D eigenvalue weighted by molar-refractivity contribution is -0.0906. The number of carbonyl (C=O) groups is 1. The van der Waals surface area contributed by atoms with Gasteiger partial charge in [0.05, 0.1) is 11.2 Å².